The molecule has 0 bridgehead atoms. The Kier molecular flexibility index (Phi) is 15.5. The number of hydrogen-bond acceptors (Lipinski definition) is 1. The Bertz CT molecular complexity index is 186. The van der Waals surface area contributed by atoms with Gasteiger partial charge >= 0.3 is 0 Å². The van der Waals surface area contributed by atoms with Gasteiger partial charge in [0, 0.05) is 0 Å². The summed E-state index contributed by atoms with van der Waals surface area (Å²) >= 11 is 0. The predicted molar refractivity (Wildman–Crippen MR) is 86.5 cm³/mol. The van der Waals surface area contributed by atoms with E-state index in [2.05, 4.69) is 13.0 Å². The van der Waals surface area contributed by atoms with Crippen LogP contribution in [-0.2, 0) is 0 Å². The summed E-state index contributed by atoms with van der Waals surface area (Å²) in [6, 6.07) is 0. The van der Waals surface area contributed by atoms with Crippen molar-refractivity contribution in [2.75, 3.05) is 0 Å². The van der Waals surface area contributed by atoms with E-state index in [0.717, 1.165) is 12.8 Å². The summed E-state index contributed by atoms with van der Waals surface area (Å²) in [5, 5.41) is 9.35. The van der Waals surface area contributed by atoms with Crippen LogP contribution in [0, 0.1) is 0 Å². The summed E-state index contributed by atoms with van der Waals surface area (Å²) in [6.07, 6.45) is 21.2. The van der Waals surface area contributed by atoms with Crippen LogP contribution in [0.2, 0.25) is 0 Å². The average Bonchev–Trinajstić information content (AvgIpc) is 2.43. The molecule has 1 unspecified atom stereocenters. The van der Waals surface area contributed by atoms with Crippen LogP contribution in [0.15, 0.2) is 12.2 Å². The second-order valence-corrected chi connectivity index (χ2v) is 5.73. The molecule has 1 nitrogen and oxygen atoms in total. The Hall–Kier alpha value is -0.300. The number of unbranched alkanes of at least 4 members (excludes halogenated alkanes) is 11. The van der Waals surface area contributed by atoms with Gasteiger partial charge in [-0.25, -0.2) is 0 Å². The van der Waals surface area contributed by atoms with Crippen LogP contribution in [-0.4, -0.2) is 11.2 Å². The lowest BCUT2D eigenvalue weighted by atomic mass is 10.1. The molecule has 0 saturated heterocycles. The molecule has 1 N–H and O–H groups in total. The van der Waals surface area contributed by atoms with E-state index in [0.29, 0.717) is 0 Å². The fourth-order valence-corrected chi connectivity index (χ4v) is 2.32. The van der Waals surface area contributed by atoms with E-state index < -0.39 is 0 Å². The van der Waals surface area contributed by atoms with E-state index in [1.54, 1.807) is 0 Å². The van der Waals surface area contributed by atoms with Gasteiger partial charge in [-0.1, -0.05) is 90.2 Å². The highest BCUT2D eigenvalue weighted by Gasteiger charge is 1.93. The predicted octanol–water partition coefficient (Wildman–Crippen LogP) is 6.01. The normalized spacial score (nSPS) is 13.2. The summed E-state index contributed by atoms with van der Waals surface area (Å²) in [4.78, 5) is 0. The summed E-state index contributed by atoms with van der Waals surface area (Å²) in [7, 11) is 0. The third-order valence-electron chi connectivity index (χ3n) is 3.75. The second-order valence-electron chi connectivity index (χ2n) is 5.73. The minimum atomic E-state index is -0.229. The molecule has 0 saturated carbocycles. The molecular formula is C18H36O. The van der Waals surface area contributed by atoms with Gasteiger partial charge < -0.3 is 5.11 Å². The molecule has 0 aliphatic rings. The monoisotopic (exact) mass is 268 g/mol. The molecule has 0 aromatic heterocycles. The maximum atomic E-state index is 9.35. The van der Waals surface area contributed by atoms with Crippen molar-refractivity contribution in [2.45, 2.75) is 103 Å². The van der Waals surface area contributed by atoms with Crippen LogP contribution in [0.3, 0.4) is 0 Å². The molecule has 19 heavy (non-hydrogen) atoms. The first-order valence-corrected chi connectivity index (χ1v) is 8.66. The van der Waals surface area contributed by atoms with Gasteiger partial charge in [-0.3, -0.25) is 0 Å². The Morgan fingerprint density at radius 2 is 1.21 bits per heavy atom. The molecular weight excluding hydrogens is 232 g/mol. The maximum absolute atomic E-state index is 9.35. The van der Waals surface area contributed by atoms with Crippen LogP contribution in [0.4, 0.5) is 0 Å². The van der Waals surface area contributed by atoms with E-state index in [-0.39, 0.29) is 6.10 Å². The zero-order chi connectivity index (χ0) is 14.2. The molecule has 0 heterocycles. The standard InChI is InChI=1S/C18H36O/c1-3-5-6-7-8-9-10-11-12-13-14-15-16-17-18(19)4-2/h16-19H,3-15H2,1-2H3/b17-16+. The van der Waals surface area contributed by atoms with Gasteiger partial charge in [-0.15, -0.1) is 0 Å². The van der Waals surface area contributed by atoms with Crippen LogP contribution in [0.25, 0.3) is 0 Å². The SMILES string of the molecule is CCCCCCCCCCCCC/C=C/C(O)CC. The van der Waals surface area contributed by atoms with Gasteiger partial charge in [0.25, 0.3) is 0 Å². The van der Waals surface area contributed by atoms with E-state index in [9.17, 15) is 5.11 Å². The van der Waals surface area contributed by atoms with Crippen molar-refractivity contribution in [2.24, 2.45) is 0 Å². The van der Waals surface area contributed by atoms with Crippen molar-refractivity contribution in [3.8, 4) is 0 Å². The first-order chi connectivity index (χ1) is 9.31. The van der Waals surface area contributed by atoms with E-state index >= 15 is 0 Å². The van der Waals surface area contributed by atoms with Gasteiger partial charge in [0.15, 0.2) is 0 Å². The quantitative estimate of drug-likeness (QED) is 0.302. The van der Waals surface area contributed by atoms with Crippen LogP contribution < -0.4 is 0 Å². The van der Waals surface area contributed by atoms with E-state index in [1.165, 1.54) is 70.6 Å². The third-order valence-corrected chi connectivity index (χ3v) is 3.75. The number of aliphatic hydroxyl groups excluding tert-OH is 1. The van der Waals surface area contributed by atoms with Crippen molar-refractivity contribution >= 4 is 0 Å². The molecule has 0 aromatic rings. The topological polar surface area (TPSA) is 20.2 Å². The molecule has 0 amide bonds. The lowest BCUT2D eigenvalue weighted by molar-refractivity contribution is 0.219. The largest absolute Gasteiger partial charge is 0.389 e. The molecule has 0 spiro atoms. The minimum Gasteiger partial charge on any atom is -0.389 e. The van der Waals surface area contributed by atoms with E-state index in [1.807, 2.05) is 13.0 Å². The summed E-state index contributed by atoms with van der Waals surface area (Å²) in [6.45, 7) is 4.29. The molecule has 0 aliphatic carbocycles. The van der Waals surface area contributed by atoms with Gasteiger partial charge in [0.1, 0.15) is 0 Å². The maximum Gasteiger partial charge on any atom is 0.0718 e. The number of rotatable bonds is 14. The van der Waals surface area contributed by atoms with Gasteiger partial charge in [-0.05, 0) is 19.3 Å². The zero-order valence-electron chi connectivity index (χ0n) is 13.4. The van der Waals surface area contributed by atoms with Crippen molar-refractivity contribution in [1.82, 2.24) is 0 Å². The lowest BCUT2D eigenvalue weighted by Crippen LogP contribution is -1.97. The highest BCUT2D eigenvalue weighted by Crippen LogP contribution is 2.12. The summed E-state index contributed by atoms with van der Waals surface area (Å²) in [5.41, 5.74) is 0. The number of allylic oxidation sites excluding steroid dienone is 1. The Morgan fingerprint density at radius 3 is 1.68 bits per heavy atom. The van der Waals surface area contributed by atoms with Crippen LogP contribution in [0.1, 0.15) is 97.3 Å². The molecule has 0 aliphatic heterocycles. The highest BCUT2D eigenvalue weighted by molar-refractivity contribution is 4.87. The molecule has 0 aromatic carbocycles. The summed E-state index contributed by atoms with van der Waals surface area (Å²) in [5.74, 6) is 0. The van der Waals surface area contributed by atoms with Gasteiger partial charge in [-0.2, -0.15) is 0 Å². The zero-order valence-corrected chi connectivity index (χ0v) is 13.4. The third kappa shape index (κ3) is 15.6. The molecule has 0 rings (SSSR count). The van der Waals surface area contributed by atoms with Crippen molar-refractivity contribution < 1.29 is 5.11 Å². The van der Waals surface area contributed by atoms with E-state index in [4.69, 9.17) is 0 Å². The smallest absolute Gasteiger partial charge is 0.0718 e. The highest BCUT2D eigenvalue weighted by atomic mass is 16.3. The Labute approximate surface area is 121 Å². The molecule has 0 fully saturated rings. The van der Waals surface area contributed by atoms with Gasteiger partial charge in [0.05, 0.1) is 6.10 Å². The second kappa shape index (κ2) is 15.8. The van der Waals surface area contributed by atoms with Crippen molar-refractivity contribution in [1.29, 1.82) is 0 Å². The minimum absolute atomic E-state index is 0.229. The lowest BCUT2D eigenvalue weighted by Gasteiger charge is -2.02. The fourth-order valence-electron chi connectivity index (χ4n) is 2.32. The van der Waals surface area contributed by atoms with Crippen molar-refractivity contribution in [3.63, 3.8) is 0 Å². The van der Waals surface area contributed by atoms with Gasteiger partial charge in [0.2, 0.25) is 0 Å². The van der Waals surface area contributed by atoms with Crippen molar-refractivity contribution in [3.05, 3.63) is 12.2 Å². The van der Waals surface area contributed by atoms with Crippen LogP contribution >= 0.6 is 0 Å². The number of hydrogen-bond donors (Lipinski definition) is 1. The van der Waals surface area contributed by atoms with Crippen LogP contribution in [0.5, 0.6) is 0 Å². The fraction of sp³-hybridized carbons (Fsp3) is 0.889. The first kappa shape index (κ1) is 18.7. The Morgan fingerprint density at radius 1 is 0.737 bits per heavy atom. The summed E-state index contributed by atoms with van der Waals surface area (Å²) < 4.78 is 0. The molecule has 114 valence electrons. The molecule has 0 radical (unpaired) electrons. The molecule has 1 heteroatoms. The number of aliphatic hydroxyl groups is 1. The Balaban J connectivity index is 3.05. The molecule has 1 atom stereocenters. The first-order valence-electron chi connectivity index (χ1n) is 8.66. The average molecular weight is 268 g/mol.